The van der Waals surface area contributed by atoms with Gasteiger partial charge < -0.3 is 10.7 Å². The van der Waals surface area contributed by atoms with E-state index in [0.717, 1.165) is 24.0 Å². The molecule has 0 fully saturated rings. The molecule has 1 rings (SSSR count). The molecule has 0 amide bonds. The molecule has 2 N–H and O–H groups in total. The Morgan fingerprint density at radius 1 is 1.18 bits per heavy atom. The second-order valence-electron chi connectivity index (χ2n) is 5.25. The fourth-order valence-corrected chi connectivity index (χ4v) is 1.34. The monoisotopic (exact) mass is 237 g/mol. The molecule has 1 aromatic heterocycles. The average Bonchev–Trinajstić information content (AvgIpc) is 2.15. The second-order valence-corrected chi connectivity index (χ2v) is 5.25. The molecule has 0 unspecified atom stereocenters. The summed E-state index contributed by atoms with van der Waals surface area (Å²) < 4.78 is 0. The van der Waals surface area contributed by atoms with Crippen molar-refractivity contribution >= 4 is 11.6 Å². The highest BCUT2D eigenvalue weighted by molar-refractivity contribution is 5.47. The topological polar surface area (TPSA) is 53.1 Å². The summed E-state index contributed by atoms with van der Waals surface area (Å²) in [6, 6.07) is 1.92. The number of hydrazine groups is 1. The molecule has 0 spiro atoms. The molecule has 96 valence electrons. The van der Waals surface area contributed by atoms with Crippen molar-refractivity contribution in [2.45, 2.75) is 33.1 Å². The van der Waals surface area contributed by atoms with E-state index in [2.05, 4.69) is 48.4 Å². The Morgan fingerprint density at radius 2 is 1.76 bits per heavy atom. The van der Waals surface area contributed by atoms with Gasteiger partial charge >= 0.3 is 0 Å². The zero-order valence-corrected chi connectivity index (χ0v) is 11.6. The number of rotatable bonds is 4. The van der Waals surface area contributed by atoms with Gasteiger partial charge in [0.05, 0.1) is 0 Å². The first-order valence-corrected chi connectivity index (χ1v) is 5.90. The Bertz CT molecular complexity index is 368. The molecule has 0 aliphatic carbocycles. The molecule has 0 aliphatic rings. The lowest BCUT2D eigenvalue weighted by Crippen LogP contribution is -2.23. The normalized spacial score (nSPS) is 11.7. The summed E-state index contributed by atoms with van der Waals surface area (Å²) in [4.78, 5) is 9.04. The molecule has 0 saturated heterocycles. The van der Waals surface area contributed by atoms with Crippen LogP contribution >= 0.6 is 0 Å². The molecule has 1 aromatic rings. The summed E-state index contributed by atoms with van der Waals surface area (Å²) in [6.45, 7) is 9.23. The van der Waals surface area contributed by atoms with Crippen LogP contribution in [-0.4, -0.2) is 35.6 Å². The van der Waals surface area contributed by atoms with Crippen LogP contribution in [-0.2, 0) is 5.41 Å². The molecular formula is C12H23N5. The molecule has 1 heterocycles. The first kappa shape index (κ1) is 13.7. The van der Waals surface area contributed by atoms with Crippen molar-refractivity contribution in [2.24, 2.45) is 0 Å². The third kappa shape index (κ3) is 4.19. The second kappa shape index (κ2) is 5.31. The van der Waals surface area contributed by atoms with E-state index in [-0.39, 0.29) is 5.41 Å². The minimum absolute atomic E-state index is 0.0613. The van der Waals surface area contributed by atoms with Crippen LogP contribution in [0.2, 0.25) is 0 Å². The SMILES string of the molecule is CCNc1cc(NN(C)C)nc(C(C)(C)C)n1. The van der Waals surface area contributed by atoms with Gasteiger partial charge in [-0.1, -0.05) is 20.8 Å². The van der Waals surface area contributed by atoms with Gasteiger partial charge in [0.15, 0.2) is 0 Å². The van der Waals surface area contributed by atoms with Gasteiger partial charge in [0.2, 0.25) is 0 Å². The average molecular weight is 237 g/mol. The Labute approximate surface area is 104 Å². The summed E-state index contributed by atoms with van der Waals surface area (Å²) in [5.41, 5.74) is 3.10. The molecular weight excluding hydrogens is 214 g/mol. The Hall–Kier alpha value is -1.36. The van der Waals surface area contributed by atoms with E-state index in [4.69, 9.17) is 0 Å². The van der Waals surface area contributed by atoms with Crippen molar-refractivity contribution in [2.75, 3.05) is 31.4 Å². The zero-order valence-electron chi connectivity index (χ0n) is 11.6. The van der Waals surface area contributed by atoms with E-state index >= 15 is 0 Å². The van der Waals surface area contributed by atoms with E-state index in [0.29, 0.717) is 0 Å². The number of nitrogens with zero attached hydrogens (tertiary/aromatic N) is 3. The maximum absolute atomic E-state index is 4.52. The summed E-state index contributed by atoms with van der Waals surface area (Å²) in [5.74, 6) is 2.50. The molecule has 0 atom stereocenters. The van der Waals surface area contributed by atoms with Crippen molar-refractivity contribution in [1.29, 1.82) is 0 Å². The molecule has 0 aromatic carbocycles. The van der Waals surface area contributed by atoms with Crippen molar-refractivity contribution in [3.63, 3.8) is 0 Å². The molecule has 5 heteroatoms. The van der Waals surface area contributed by atoms with Crippen LogP contribution in [0.5, 0.6) is 0 Å². The summed E-state index contributed by atoms with van der Waals surface area (Å²) in [6.07, 6.45) is 0. The number of anilines is 2. The van der Waals surface area contributed by atoms with Gasteiger partial charge in [0.25, 0.3) is 0 Å². The van der Waals surface area contributed by atoms with Crippen LogP contribution in [0, 0.1) is 0 Å². The molecule has 0 saturated carbocycles. The van der Waals surface area contributed by atoms with Crippen molar-refractivity contribution in [3.05, 3.63) is 11.9 Å². The summed E-state index contributed by atoms with van der Waals surface area (Å²) >= 11 is 0. The lowest BCUT2D eigenvalue weighted by atomic mass is 9.96. The highest BCUT2D eigenvalue weighted by atomic mass is 15.5. The molecule has 0 radical (unpaired) electrons. The van der Waals surface area contributed by atoms with Gasteiger partial charge in [-0.05, 0) is 6.92 Å². The Kier molecular flexibility index (Phi) is 4.28. The lowest BCUT2D eigenvalue weighted by molar-refractivity contribution is 0.487. The van der Waals surface area contributed by atoms with Crippen molar-refractivity contribution in [1.82, 2.24) is 15.0 Å². The summed E-state index contributed by atoms with van der Waals surface area (Å²) in [7, 11) is 3.87. The van der Waals surface area contributed by atoms with Gasteiger partial charge in [0.1, 0.15) is 17.5 Å². The lowest BCUT2D eigenvalue weighted by Gasteiger charge is -2.20. The van der Waals surface area contributed by atoms with Crippen LogP contribution < -0.4 is 10.7 Å². The van der Waals surface area contributed by atoms with Crippen LogP contribution in [0.3, 0.4) is 0 Å². The molecule has 0 bridgehead atoms. The van der Waals surface area contributed by atoms with Gasteiger partial charge in [-0.15, -0.1) is 0 Å². The van der Waals surface area contributed by atoms with E-state index in [9.17, 15) is 0 Å². The van der Waals surface area contributed by atoms with E-state index in [1.54, 1.807) is 0 Å². The summed E-state index contributed by atoms with van der Waals surface area (Å²) in [5, 5.41) is 5.09. The maximum Gasteiger partial charge on any atom is 0.146 e. The van der Waals surface area contributed by atoms with Crippen molar-refractivity contribution in [3.8, 4) is 0 Å². The largest absolute Gasteiger partial charge is 0.370 e. The number of hydrogen-bond acceptors (Lipinski definition) is 5. The van der Waals surface area contributed by atoms with Crippen molar-refractivity contribution < 1.29 is 0 Å². The standard InChI is InChI=1S/C12H23N5/c1-7-13-9-8-10(16-17(5)6)15-11(14-9)12(2,3)4/h8H,7H2,1-6H3,(H2,13,14,15,16). The highest BCUT2D eigenvalue weighted by Gasteiger charge is 2.19. The number of nitrogens with one attached hydrogen (secondary N) is 2. The minimum Gasteiger partial charge on any atom is -0.370 e. The van der Waals surface area contributed by atoms with Crippen LogP contribution in [0.25, 0.3) is 0 Å². The van der Waals surface area contributed by atoms with Crippen LogP contribution in [0.1, 0.15) is 33.5 Å². The molecule has 0 aliphatic heterocycles. The van der Waals surface area contributed by atoms with Gasteiger partial charge in [0, 0.05) is 32.1 Å². The molecule has 17 heavy (non-hydrogen) atoms. The number of hydrogen-bond donors (Lipinski definition) is 2. The van der Waals surface area contributed by atoms with E-state index in [1.807, 2.05) is 25.2 Å². The van der Waals surface area contributed by atoms with Crippen LogP contribution in [0.4, 0.5) is 11.6 Å². The van der Waals surface area contributed by atoms with E-state index in [1.165, 1.54) is 0 Å². The van der Waals surface area contributed by atoms with Gasteiger partial charge in [-0.25, -0.2) is 15.0 Å². The van der Waals surface area contributed by atoms with E-state index < -0.39 is 0 Å². The Morgan fingerprint density at radius 3 is 2.24 bits per heavy atom. The third-order valence-corrected chi connectivity index (χ3v) is 2.09. The quantitative estimate of drug-likeness (QED) is 0.785. The van der Waals surface area contributed by atoms with Crippen LogP contribution in [0.15, 0.2) is 6.07 Å². The number of aromatic nitrogens is 2. The predicted molar refractivity (Wildman–Crippen MR) is 72.2 cm³/mol. The first-order chi connectivity index (χ1) is 7.82. The fourth-order valence-electron chi connectivity index (χ4n) is 1.34. The van der Waals surface area contributed by atoms with Gasteiger partial charge in [-0.2, -0.15) is 0 Å². The fraction of sp³-hybridized carbons (Fsp3) is 0.667. The predicted octanol–water partition coefficient (Wildman–Crippen LogP) is 2.09. The maximum atomic E-state index is 4.52. The van der Waals surface area contributed by atoms with Gasteiger partial charge in [-0.3, -0.25) is 0 Å². The first-order valence-electron chi connectivity index (χ1n) is 5.90. The zero-order chi connectivity index (χ0) is 13.1. The Balaban J connectivity index is 3.09. The smallest absolute Gasteiger partial charge is 0.146 e. The molecule has 5 nitrogen and oxygen atoms in total. The minimum atomic E-state index is -0.0613. The third-order valence-electron chi connectivity index (χ3n) is 2.09. The highest BCUT2D eigenvalue weighted by Crippen LogP contribution is 2.22.